The van der Waals surface area contributed by atoms with Crippen molar-refractivity contribution in [3.05, 3.63) is 34.6 Å². The van der Waals surface area contributed by atoms with Crippen molar-refractivity contribution in [2.45, 2.75) is 32.5 Å². The Kier molecular flexibility index (Phi) is 5.38. The number of aryl methyl sites for hydroxylation is 1. The summed E-state index contributed by atoms with van der Waals surface area (Å²) in [5, 5.41) is 8.06. The summed E-state index contributed by atoms with van der Waals surface area (Å²) in [5.74, 6) is 1.55. The van der Waals surface area contributed by atoms with Crippen molar-refractivity contribution in [2.75, 3.05) is 31.1 Å². The molecule has 142 valence electrons. The van der Waals surface area contributed by atoms with Crippen molar-refractivity contribution in [3.63, 3.8) is 0 Å². The fraction of sp³-hybridized carbons (Fsp3) is 0.562. The highest BCUT2D eigenvalue weighted by atomic mass is 35.5. The summed E-state index contributed by atoms with van der Waals surface area (Å²) in [6, 6.07) is 0.893. The summed E-state index contributed by atoms with van der Waals surface area (Å²) in [5.41, 5.74) is -0.846. The van der Waals surface area contributed by atoms with Crippen molar-refractivity contribution in [2.24, 2.45) is 0 Å². The summed E-state index contributed by atoms with van der Waals surface area (Å²) in [7, 11) is 0. The second-order valence-corrected chi connectivity index (χ2v) is 6.52. The number of halogens is 4. The van der Waals surface area contributed by atoms with Gasteiger partial charge in [-0.05, 0) is 13.0 Å². The van der Waals surface area contributed by atoms with Gasteiger partial charge >= 0.3 is 6.18 Å². The van der Waals surface area contributed by atoms with Gasteiger partial charge in [0.1, 0.15) is 5.82 Å². The molecule has 10 heteroatoms. The van der Waals surface area contributed by atoms with Crippen molar-refractivity contribution in [3.8, 4) is 0 Å². The number of anilines is 1. The Labute approximate surface area is 154 Å². The third-order valence-corrected chi connectivity index (χ3v) is 4.73. The fourth-order valence-electron chi connectivity index (χ4n) is 2.87. The molecule has 0 aliphatic carbocycles. The Morgan fingerprint density at radius 2 is 1.92 bits per heavy atom. The van der Waals surface area contributed by atoms with E-state index in [9.17, 15) is 13.2 Å². The van der Waals surface area contributed by atoms with Gasteiger partial charge in [0.25, 0.3) is 0 Å². The van der Waals surface area contributed by atoms with E-state index < -0.39 is 11.7 Å². The molecule has 2 aromatic heterocycles. The van der Waals surface area contributed by atoms with Gasteiger partial charge in [-0.15, -0.1) is 10.2 Å². The van der Waals surface area contributed by atoms with E-state index in [1.165, 1.54) is 0 Å². The molecule has 0 bridgehead atoms. The number of alkyl halides is 3. The van der Waals surface area contributed by atoms with Gasteiger partial charge in [-0.25, -0.2) is 4.98 Å². The zero-order chi connectivity index (χ0) is 18.9. The summed E-state index contributed by atoms with van der Waals surface area (Å²) >= 11 is 6.03. The number of piperazine rings is 1. The van der Waals surface area contributed by atoms with Crippen LogP contribution in [0.25, 0.3) is 0 Å². The van der Waals surface area contributed by atoms with Crippen LogP contribution in [0.4, 0.5) is 19.0 Å². The number of rotatable bonds is 4. The summed E-state index contributed by atoms with van der Waals surface area (Å²) < 4.78 is 43.8. The van der Waals surface area contributed by atoms with Crippen LogP contribution in [0.3, 0.4) is 0 Å². The van der Waals surface area contributed by atoms with E-state index in [4.69, 9.17) is 16.0 Å². The van der Waals surface area contributed by atoms with Crippen LogP contribution in [0.5, 0.6) is 0 Å². The Bertz CT molecular complexity index is 759. The highest BCUT2D eigenvalue weighted by Gasteiger charge is 2.33. The molecule has 2 aromatic rings. The summed E-state index contributed by atoms with van der Waals surface area (Å²) in [4.78, 5) is 7.99. The van der Waals surface area contributed by atoms with Crippen LogP contribution in [0.2, 0.25) is 5.02 Å². The van der Waals surface area contributed by atoms with Gasteiger partial charge in [0.2, 0.25) is 11.8 Å². The molecule has 6 nitrogen and oxygen atoms in total. The normalized spacial score (nSPS) is 17.5. The van der Waals surface area contributed by atoms with Gasteiger partial charge in [0.15, 0.2) is 0 Å². The van der Waals surface area contributed by atoms with Gasteiger partial charge in [-0.3, -0.25) is 4.90 Å². The molecule has 1 unspecified atom stereocenters. The average molecular weight is 390 g/mol. The average Bonchev–Trinajstić information content (AvgIpc) is 3.09. The van der Waals surface area contributed by atoms with Gasteiger partial charge in [0, 0.05) is 38.8 Å². The molecule has 0 aromatic carbocycles. The molecule has 1 saturated heterocycles. The van der Waals surface area contributed by atoms with Crippen LogP contribution < -0.4 is 4.90 Å². The summed E-state index contributed by atoms with van der Waals surface area (Å²) in [6.07, 6.45) is -2.95. The Morgan fingerprint density at radius 3 is 2.46 bits per heavy atom. The van der Waals surface area contributed by atoms with Gasteiger partial charge in [0.05, 0.1) is 16.6 Å². The van der Waals surface area contributed by atoms with Crippen LogP contribution >= 0.6 is 11.6 Å². The Morgan fingerprint density at radius 1 is 1.23 bits per heavy atom. The van der Waals surface area contributed by atoms with E-state index in [0.29, 0.717) is 50.2 Å². The minimum Gasteiger partial charge on any atom is -0.424 e. The predicted octanol–water partition coefficient (Wildman–Crippen LogP) is 3.58. The lowest BCUT2D eigenvalue weighted by atomic mass is 10.2. The Balaban J connectivity index is 1.65. The SMILES string of the molecule is CCc1nnc(C(C)N2CCN(c3ncc(C(F)(F)F)cc3Cl)CC2)o1. The number of aromatic nitrogens is 3. The van der Waals surface area contributed by atoms with Crippen LogP contribution in [0.15, 0.2) is 16.7 Å². The highest BCUT2D eigenvalue weighted by Crippen LogP contribution is 2.34. The molecule has 1 atom stereocenters. The molecule has 0 amide bonds. The van der Waals surface area contributed by atoms with Gasteiger partial charge in [-0.2, -0.15) is 13.2 Å². The molecule has 1 aliphatic heterocycles. The molecular formula is C16H19ClF3N5O. The van der Waals surface area contributed by atoms with E-state index in [0.717, 1.165) is 12.3 Å². The van der Waals surface area contributed by atoms with E-state index in [-0.39, 0.29) is 11.1 Å². The molecule has 0 N–H and O–H groups in total. The first-order chi connectivity index (χ1) is 12.3. The second-order valence-electron chi connectivity index (χ2n) is 6.11. The van der Waals surface area contributed by atoms with E-state index in [1.807, 2.05) is 18.7 Å². The maximum absolute atomic E-state index is 12.7. The van der Waals surface area contributed by atoms with Crippen molar-refractivity contribution in [1.82, 2.24) is 20.1 Å². The van der Waals surface area contributed by atoms with Crippen LogP contribution in [-0.4, -0.2) is 46.3 Å². The first kappa shape index (κ1) is 18.9. The lowest BCUT2D eigenvalue weighted by molar-refractivity contribution is -0.137. The van der Waals surface area contributed by atoms with Crippen molar-refractivity contribution < 1.29 is 17.6 Å². The van der Waals surface area contributed by atoms with E-state index >= 15 is 0 Å². The van der Waals surface area contributed by atoms with Crippen molar-refractivity contribution >= 4 is 17.4 Å². The molecular weight excluding hydrogens is 371 g/mol. The fourth-order valence-corrected chi connectivity index (χ4v) is 3.16. The third-order valence-electron chi connectivity index (χ3n) is 4.45. The second kappa shape index (κ2) is 7.40. The molecule has 0 spiro atoms. The first-order valence-corrected chi connectivity index (χ1v) is 8.71. The third kappa shape index (κ3) is 3.93. The molecule has 1 aliphatic rings. The quantitative estimate of drug-likeness (QED) is 0.796. The van der Waals surface area contributed by atoms with Gasteiger partial charge in [-0.1, -0.05) is 18.5 Å². The van der Waals surface area contributed by atoms with Crippen LogP contribution in [0.1, 0.15) is 37.2 Å². The first-order valence-electron chi connectivity index (χ1n) is 8.33. The topological polar surface area (TPSA) is 58.3 Å². The van der Waals surface area contributed by atoms with Crippen LogP contribution in [-0.2, 0) is 12.6 Å². The number of hydrogen-bond donors (Lipinski definition) is 0. The van der Waals surface area contributed by atoms with Crippen LogP contribution in [0, 0.1) is 0 Å². The molecule has 0 saturated carbocycles. The molecule has 3 heterocycles. The smallest absolute Gasteiger partial charge is 0.417 e. The zero-order valence-electron chi connectivity index (χ0n) is 14.4. The minimum atomic E-state index is -4.45. The lowest BCUT2D eigenvalue weighted by Gasteiger charge is -2.37. The highest BCUT2D eigenvalue weighted by molar-refractivity contribution is 6.33. The number of nitrogens with zero attached hydrogens (tertiary/aromatic N) is 5. The van der Waals surface area contributed by atoms with Crippen molar-refractivity contribution in [1.29, 1.82) is 0 Å². The minimum absolute atomic E-state index is 0.00538. The molecule has 0 radical (unpaired) electrons. The largest absolute Gasteiger partial charge is 0.424 e. The maximum atomic E-state index is 12.7. The van der Waals surface area contributed by atoms with E-state index in [1.54, 1.807) is 0 Å². The standard InChI is InChI=1S/C16H19ClF3N5O/c1-3-13-22-23-15(26-13)10(2)24-4-6-25(7-5-24)14-12(17)8-11(9-21-14)16(18,19)20/h8-10H,3-7H2,1-2H3. The summed E-state index contributed by atoms with van der Waals surface area (Å²) in [6.45, 7) is 6.50. The number of hydrogen-bond acceptors (Lipinski definition) is 6. The van der Waals surface area contributed by atoms with E-state index in [2.05, 4.69) is 20.1 Å². The Hall–Kier alpha value is -1.87. The molecule has 3 rings (SSSR count). The lowest BCUT2D eigenvalue weighted by Crippen LogP contribution is -2.47. The monoisotopic (exact) mass is 389 g/mol. The number of pyridine rings is 1. The predicted molar refractivity (Wildman–Crippen MR) is 90.1 cm³/mol. The maximum Gasteiger partial charge on any atom is 0.417 e. The molecule has 26 heavy (non-hydrogen) atoms. The molecule has 1 fully saturated rings. The van der Waals surface area contributed by atoms with Gasteiger partial charge < -0.3 is 9.32 Å². The zero-order valence-corrected chi connectivity index (χ0v) is 15.2.